The minimum Gasteiger partial charge on any atom is -0.454 e. The number of para-hydroxylation sites is 3. The largest absolute Gasteiger partial charge is 0.454 e. The first-order valence-electron chi connectivity index (χ1n) is 17.6. The van der Waals surface area contributed by atoms with Crippen LogP contribution in [0.15, 0.2) is 177 Å². The van der Waals surface area contributed by atoms with Gasteiger partial charge in [0.15, 0.2) is 16.7 Å². The lowest BCUT2D eigenvalue weighted by molar-refractivity contribution is 0.664. The molecule has 12 rings (SSSR count). The SMILES string of the molecule is c1ccc2c(c1)cc(N(c1cc3ccccc3c3c1oc1ccccc13)c1cc3ccccc3c3c1oc1ccccc13)c1oc3ccccc3c12. The maximum absolute atomic E-state index is 6.93. The number of fused-ring (bicyclic) bond motifs is 15. The first kappa shape index (κ1) is 27.7. The van der Waals surface area contributed by atoms with Crippen LogP contribution in [0.5, 0.6) is 0 Å². The summed E-state index contributed by atoms with van der Waals surface area (Å²) in [5.41, 5.74) is 7.63. The van der Waals surface area contributed by atoms with Gasteiger partial charge in [-0.15, -0.1) is 0 Å². The van der Waals surface area contributed by atoms with Gasteiger partial charge in [-0.2, -0.15) is 0 Å². The summed E-state index contributed by atoms with van der Waals surface area (Å²) in [6.45, 7) is 0. The monoisotopic (exact) mass is 665 g/mol. The number of hydrogen-bond donors (Lipinski definition) is 0. The van der Waals surface area contributed by atoms with Crippen molar-refractivity contribution < 1.29 is 13.3 Å². The fraction of sp³-hybridized carbons (Fsp3) is 0. The second-order valence-corrected chi connectivity index (χ2v) is 13.6. The summed E-state index contributed by atoms with van der Waals surface area (Å²) >= 11 is 0. The van der Waals surface area contributed by atoms with Crippen LogP contribution in [0.1, 0.15) is 0 Å². The van der Waals surface area contributed by atoms with Crippen LogP contribution in [0, 0.1) is 0 Å². The van der Waals surface area contributed by atoms with Gasteiger partial charge in [0.2, 0.25) is 0 Å². The molecule has 0 aliphatic heterocycles. The molecule has 3 aromatic heterocycles. The molecule has 0 fully saturated rings. The lowest BCUT2D eigenvalue weighted by Crippen LogP contribution is -2.11. The summed E-state index contributed by atoms with van der Waals surface area (Å²) in [5, 5.41) is 13.3. The molecule has 4 nitrogen and oxygen atoms in total. The highest BCUT2D eigenvalue weighted by atomic mass is 16.3. The zero-order valence-corrected chi connectivity index (χ0v) is 27.8. The summed E-state index contributed by atoms with van der Waals surface area (Å²) in [4.78, 5) is 2.32. The van der Waals surface area contributed by atoms with E-state index < -0.39 is 0 Å². The van der Waals surface area contributed by atoms with Gasteiger partial charge in [-0.1, -0.05) is 127 Å². The Morgan fingerprint density at radius 3 is 0.885 bits per heavy atom. The predicted molar refractivity (Wildman–Crippen MR) is 215 cm³/mol. The Balaban J connectivity index is 1.33. The normalized spacial score (nSPS) is 12.2. The molecular weight excluding hydrogens is 639 g/mol. The molecule has 0 aliphatic carbocycles. The van der Waals surface area contributed by atoms with E-state index in [1.807, 2.05) is 18.2 Å². The van der Waals surface area contributed by atoms with Crippen molar-refractivity contribution in [3.63, 3.8) is 0 Å². The zero-order chi connectivity index (χ0) is 33.9. The van der Waals surface area contributed by atoms with Crippen LogP contribution < -0.4 is 4.90 Å². The average molecular weight is 666 g/mol. The summed E-state index contributed by atoms with van der Waals surface area (Å²) in [6.07, 6.45) is 0. The van der Waals surface area contributed by atoms with E-state index >= 15 is 0 Å². The Morgan fingerprint density at radius 1 is 0.288 bits per heavy atom. The van der Waals surface area contributed by atoms with Crippen LogP contribution in [0.3, 0.4) is 0 Å². The van der Waals surface area contributed by atoms with Crippen LogP contribution in [0.2, 0.25) is 0 Å². The molecule has 4 heteroatoms. The Labute approximate surface area is 296 Å². The maximum atomic E-state index is 6.93. The standard InChI is InChI=1S/C48H27NO3/c1-4-16-31-28(13-1)25-37(46-43(31)34-19-7-10-22-40(34)50-46)49(38-26-29-14-2-5-17-32(29)44-35-20-8-11-23-41(35)51-47(38)44)39-27-30-15-3-6-18-33(30)45-36-21-9-12-24-42(36)52-48(39)45/h1-27H. The van der Waals surface area contributed by atoms with Crippen molar-refractivity contribution in [2.75, 3.05) is 4.90 Å². The number of hydrogen-bond acceptors (Lipinski definition) is 4. The lowest BCUT2D eigenvalue weighted by atomic mass is 9.98. The second kappa shape index (κ2) is 10.3. The molecule has 12 aromatic rings. The van der Waals surface area contributed by atoms with E-state index in [0.717, 1.165) is 115 Å². The number of benzene rings is 9. The molecule has 0 spiro atoms. The Morgan fingerprint density at radius 2 is 0.558 bits per heavy atom. The zero-order valence-electron chi connectivity index (χ0n) is 27.8. The van der Waals surface area contributed by atoms with Crippen molar-refractivity contribution in [3.8, 4) is 0 Å². The van der Waals surface area contributed by atoms with Crippen molar-refractivity contribution in [2.24, 2.45) is 0 Å². The Hall–Kier alpha value is -7.04. The number of rotatable bonds is 3. The van der Waals surface area contributed by atoms with Crippen molar-refractivity contribution in [2.45, 2.75) is 0 Å². The van der Waals surface area contributed by atoms with Gasteiger partial charge in [0.25, 0.3) is 0 Å². The lowest BCUT2D eigenvalue weighted by Gasteiger charge is -2.27. The van der Waals surface area contributed by atoms with Gasteiger partial charge in [0, 0.05) is 32.3 Å². The predicted octanol–water partition coefficient (Wildman–Crippen LogP) is 14.3. The number of nitrogens with zero attached hydrogens (tertiary/aromatic N) is 1. The van der Waals surface area contributed by atoms with Gasteiger partial charge >= 0.3 is 0 Å². The van der Waals surface area contributed by atoms with Gasteiger partial charge in [-0.3, -0.25) is 4.90 Å². The van der Waals surface area contributed by atoms with Crippen LogP contribution in [0.4, 0.5) is 17.1 Å². The maximum Gasteiger partial charge on any atom is 0.160 e. The quantitative estimate of drug-likeness (QED) is 0.188. The van der Waals surface area contributed by atoms with E-state index in [-0.39, 0.29) is 0 Å². The molecule has 0 saturated heterocycles. The van der Waals surface area contributed by atoms with Crippen LogP contribution in [-0.2, 0) is 0 Å². The van der Waals surface area contributed by atoms with E-state index in [0.29, 0.717) is 0 Å². The molecule has 0 bridgehead atoms. The molecule has 9 aromatic carbocycles. The van der Waals surface area contributed by atoms with E-state index in [1.54, 1.807) is 0 Å². The second-order valence-electron chi connectivity index (χ2n) is 13.6. The molecular formula is C48H27NO3. The topological polar surface area (TPSA) is 42.7 Å². The van der Waals surface area contributed by atoms with Crippen LogP contribution in [-0.4, -0.2) is 0 Å². The smallest absolute Gasteiger partial charge is 0.160 e. The van der Waals surface area contributed by atoms with E-state index in [4.69, 9.17) is 13.3 Å². The molecule has 0 aliphatic rings. The average Bonchev–Trinajstić information content (AvgIpc) is 3.91. The minimum atomic E-state index is 0.801. The first-order chi connectivity index (χ1) is 25.8. The van der Waals surface area contributed by atoms with Gasteiger partial charge in [-0.25, -0.2) is 0 Å². The van der Waals surface area contributed by atoms with Crippen molar-refractivity contribution >= 4 is 115 Å². The van der Waals surface area contributed by atoms with Gasteiger partial charge in [0.1, 0.15) is 16.7 Å². The molecule has 0 radical (unpaired) electrons. The highest BCUT2D eigenvalue weighted by Crippen LogP contribution is 2.52. The minimum absolute atomic E-state index is 0.801. The third-order valence-corrected chi connectivity index (χ3v) is 10.8. The first-order valence-corrected chi connectivity index (χ1v) is 17.6. The highest BCUT2D eigenvalue weighted by Gasteiger charge is 2.29. The molecule has 0 unspecified atom stereocenters. The van der Waals surface area contributed by atoms with Gasteiger partial charge in [0.05, 0.1) is 17.1 Å². The van der Waals surface area contributed by atoms with Crippen molar-refractivity contribution in [3.05, 3.63) is 164 Å². The molecule has 0 saturated carbocycles. The van der Waals surface area contributed by atoms with E-state index in [2.05, 4.69) is 150 Å². The van der Waals surface area contributed by atoms with Gasteiger partial charge < -0.3 is 13.3 Å². The van der Waals surface area contributed by atoms with Crippen molar-refractivity contribution in [1.29, 1.82) is 0 Å². The molecule has 242 valence electrons. The van der Waals surface area contributed by atoms with Crippen molar-refractivity contribution in [1.82, 2.24) is 0 Å². The molecule has 3 heterocycles. The molecule has 0 atom stereocenters. The highest BCUT2D eigenvalue weighted by molar-refractivity contribution is 6.28. The summed E-state index contributed by atoms with van der Waals surface area (Å²) < 4.78 is 20.8. The molecule has 0 N–H and O–H groups in total. The van der Waals surface area contributed by atoms with Crippen LogP contribution >= 0.6 is 0 Å². The van der Waals surface area contributed by atoms with E-state index in [9.17, 15) is 0 Å². The third kappa shape index (κ3) is 3.70. The summed E-state index contributed by atoms with van der Waals surface area (Å²) in [6, 6.07) is 57.5. The van der Waals surface area contributed by atoms with E-state index in [1.165, 1.54) is 0 Å². The summed E-state index contributed by atoms with van der Waals surface area (Å²) in [7, 11) is 0. The summed E-state index contributed by atoms with van der Waals surface area (Å²) in [5.74, 6) is 0. The Bertz CT molecular complexity index is 3070. The third-order valence-electron chi connectivity index (χ3n) is 10.8. The van der Waals surface area contributed by atoms with Gasteiger partial charge in [-0.05, 0) is 68.7 Å². The molecule has 52 heavy (non-hydrogen) atoms. The number of furan rings is 3. The molecule has 0 amide bonds. The number of anilines is 3. The Kier molecular flexibility index (Phi) is 5.47. The fourth-order valence-corrected chi connectivity index (χ4v) is 8.56. The van der Waals surface area contributed by atoms with Crippen LogP contribution in [0.25, 0.3) is 98.1 Å². The fourth-order valence-electron chi connectivity index (χ4n) is 8.56.